The molecule has 0 aliphatic carbocycles. The Morgan fingerprint density at radius 2 is 1.84 bits per heavy atom. The summed E-state index contributed by atoms with van der Waals surface area (Å²) in [6.45, 7) is 4.13. The molecule has 3 heterocycles. The summed E-state index contributed by atoms with van der Waals surface area (Å²) >= 11 is 3.49. The third-order valence-corrected chi connectivity index (χ3v) is 6.55. The van der Waals surface area contributed by atoms with E-state index in [1.165, 1.54) is 0 Å². The van der Waals surface area contributed by atoms with E-state index < -0.39 is 0 Å². The summed E-state index contributed by atoms with van der Waals surface area (Å²) in [6, 6.07) is 15.8. The first kappa shape index (κ1) is 20.4. The van der Waals surface area contributed by atoms with Gasteiger partial charge in [0, 0.05) is 37.1 Å². The summed E-state index contributed by atoms with van der Waals surface area (Å²) in [7, 11) is 2.12. The Balaban J connectivity index is 1.43. The molecule has 160 valence electrons. The number of likely N-dealkylation sites (N-methyl/N-ethyl adjacent to an activating group) is 1. The lowest BCUT2D eigenvalue weighted by Crippen LogP contribution is -2.48. The number of aromatic amines is 1. The van der Waals surface area contributed by atoms with E-state index in [9.17, 15) is 4.79 Å². The molecule has 5 rings (SSSR count). The predicted molar refractivity (Wildman–Crippen MR) is 125 cm³/mol. The van der Waals surface area contributed by atoms with Gasteiger partial charge in [0.15, 0.2) is 0 Å². The first-order valence-corrected chi connectivity index (χ1v) is 11.4. The van der Waals surface area contributed by atoms with Crippen molar-refractivity contribution in [3.63, 3.8) is 0 Å². The van der Waals surface area contributed by atoms with Gasteiger partial charge in [-0.3, -0.25) is 9.69 Å². The molecule has 1 aromatic heterocycles. The lowest BCUT2D eigenvalue weighted by Gasteiger charge is -2.32. The molecule has 2 aromatic carbocycles. The van der Waals surface area contributed by atoms with Crippen LogP contribution in [0.1, 0.15) is 23.9 Å². The number of piperazine rings is 1. The highest BCUT2D eigenvalue weighted by molar-refractivity contribution is 9.10. The van der Waals surface area contributed by atoms with Crippen LogP contribution in [0, 0.1) is 0 Å². The summed E-state index contributed by atoms with van der Waals surface area (Å²) in [5.74, 6) is 0.797. The average Bonchev–Trinajstić information content (AvgIpc) is 3.40. The van der Waals surface area contributed by atoms with Crippen LogP contribution in [0.2, 0.25) is 0 Å². The number of benzene rings is 2. The van der Waals surface area contributed by atoms with Crippen LogP contribution in [0.25, 0.3) is 11.0 Å². The molecule has 2 aliphatic rings. The van der Waals surface area contributed by atoms with Crippen LogP contribution in [0.15, 0.2) is 58.1 Å². The van der Waals surface area contributed by atoms with E-state index in [4.69, 9.17) is 10.1 Å². The zero-order valence-electron chi connectivity index (χ0n) is 17.5. The van der Waals surface area contributed by atoms with Crippen molar-refractivity contribution >= 4 is 38.6 Å². The third-order valence-electron chi connectivity index (χ3n) is 6.02. The Kier molecular flexibility index (Phi) is 5.60. The Hall–Kier alpha value is -2.55. The monoisotopic (exact) mass is 480 g/mol. The van der Waals surface area contributed by atoms with E-state index in [1.54, 1.807) is 5.01 Å². The quantitative estimate of drug-likeness (QED) is 0.622. The van der Waals surface area contributed by atoms with Crippen molar-refractivity contribution in [1.29, 1.82) is 0 Å². The minimum atomic E-state index is -0.231. The largest absolute Gasteiger partial charge is 0.340 e. The molecule has 0 bridgehead atoms. The number of aromatic nitrogens is 2. The van der Waals surface area contributed by atoms with E-state index in [0.29, 0.717) is 13.0 Å². The van der Waals surface area contributed by atoms with Crippen LogP contribution < -0.4 is 0 Å². The smallest absolute Gasteiger partial charge is 0.257 e. The minimum Gasteiger partial charge on any atom is -0.340 e. The summed E-state index contributed by atoms with van der Waals surface area (Å²) < 4.78 is 1.02. The van der Waals surface area contributed by atoms with Crippen LogP contribution >= 0.6 is 15.9 Å². The summed E-state index contributed by atoms with van der Waals surface area (Å²) in [6.07, 6.45) is 0.635. The van der Waals surface area contributed by atoms with E-state index in [2.05, 4.69) is 37.8 Å². The molecule has 2 aliphatic heterocycles. The fraction of sp³-hybridized carbons (Fsp3) is 0.348. The molecule has 7 nitrogen and oxygen atoms in total. The topological polar surface area (TPSA) is 67.8 Å². The van der Waals surface area contributed by atoms with Gasteiger partial charge in [-0.15, -0.1) is 0 Å². The van der Waals surface area contributed by atoms with Gasteiger partial charge in [-0.2, -0.15) is 5.10 Å². The molecule has 31 heavy (non-hydrogen) atoms. The number of imidazole rings is 1. The third kappa shape index (κ3) is 4.28. The van der Waals surface area contributed by atoms with Crippen molar-refractivity contribution in [3.8, 4) is 0 Å². The standard InChI is InChI=1S/C23H25BrN6O/c1-28-10-12-29(13-11-28)15-22(31)30-21(23-25-18-4-2-3-5-19(18)26-23)14-20(27-30)16-6-8-17(24)9-7-16/h2-9,21H,10-15H2,1H3,(H,25,26)/t21-/m1/s1. The van der Waals surface area contributed by atoms with Gasteiger partial charge in [0.05, 0.1) is 23.3 Å². The lowest BCUT2D eigenvalue weighted by molar-refractivity contribution is -0.134. The fourth-order valence-corrected chi connectivity index (χ4v) is 4.43. The fourth-order valence-electron chi connectivity index (χ4n) is 4.17. The number of H-pyrrole nitrogens is 1. The van der Waals surface area contributed by atoms with Gasteiger partial charge in [-0.25, -0.2) is 9.99 Å². The van der Waals surface area contributed by atoms with E-state index in [-0.39, 0.29) is 11.9 Å². The second-order valence-electron chi connectivity index (χ2n) is 8.23. The van der Waals surface area contributed by atoms with Crippen LogP contribution in [-0.4, -0.2) is 76.2 Å². The van der Waals surface area contributed by atoms with Crippen LogP contribution in [0.3, 0.4) is 0 Å². The second kappa shape index (κ2) is 8.53. The molecule has 0 spiro atoms. The molecule has 1 saturated heterocycles. The zero-order chi connectivity index (χ0) is 21.4. The lowest BCUT2D eigenvalue weighted by atomic mass is 10.0. The average molecular weight is 481 g/mol. The number of halogens is 1. The summed E-state index contributed by atoms with van der Waals surface area (Å²) in [5.41, 5.74) is 3.81. The van der Waals surface area contributed by atoms with Crippen molar-refractivity contribution in [3.05, 3.63) is 64.4 Å². The maximum atomic E-state index is 13.3. The van der Waals surface area contributed by atoms with Crippen molar-refractivity contribution < 1.29 is 4.79 Å². The first-order chi connectivity index (χ1) is 15.1. The first-order valence-electron chi connectivity index (χ1n) is 10.6. The molecule has 8 heteroatoms. The zero-order valence-corrected chi connectivity index (χ0v) is 19.0. The number of hydrogen-bond acceptors (Lipinski definition) is 5. The number of fused-ring (bicyclic) bond motifs is 1. The normalized spacial score (nSPS) is 20.4. The van der Waals surface area contributed by atoms with Crippen LogP contribution in [0.4, 0.5) is 0 Å². The number of carbonyl (C=O) groups excluding carboxylic acids is 1. The second-order valence-corrected chi connectivity index (χ2v) is 9.15. The molecule has 3 aromatic rings. The Labute approximate surface area is 189 Å². The van der Waals surface area contributed by atoms with E-state index in [1.807, 2.05) is 48.5 Å². The van der Waals surface area contributed by atoms with Gasteiger partial charge in [0.25, 0.3) is 5.91 Å². The Morgan fingerprint density at radius 3 is 2.58 bits per heavy atom. The molecule has 1 fully saturated rings. The van der Waals surface area contributed by atoms with Crippen molar-refractivity contribution in [2.45, 2.75) is 12.5 Å². The van der Waals surface area contributed by atoms with Gasteiger partial charge < -0.3 is 9.88 Å². The number of amides is 1. The molecular weight excluding hydrogens is 456 g/mol. The number of nitrogens with zero attached hydrogens (tertiary/aromatic N) is 5. The summed E-state index contributed by atoms with van der Waals surface area (Å²) in [4.78, 5) is 26.0. The van der Waals surface area contributed by atoms with Crippen LogP contribution in [-0.2, 0) is 4.79 Å². The van der Waals surface area contributed by atoms with Gasteiger partial charge in [-0.1, -0.05) is 40.2 Å². The molecule has 1 atom stereocenters. The van der Waals surface area contributed by atoms with Crippen molar-refractivity contribution in [2.24, 2.45) is 5.10 Å². The number of hydrogen-bond donors (Lipinski definition) is 1. The molecule has 1 N–H and O–H groups in total. The van der Waals surface area contributed by atoms with Gasteiger partial charge in [0.1, 0.15) is 11.9 Å². The highest BCUT2D eigenvalue weighted by Gasteiger charge is 2.36. The highest BCUT2D eigenvalue weighted by atomic mass is 79.9. The molecular formula is C23H25BrN6O. The van der Waals surface area contributed by atoms with E-state index in [0.717, 1.165) is 58.8 Å². The van der Waals surface area contributed by atoms with E-state index >= 15 is 0 Å². The van der Waals surface area contributed by atoms with Gasteiger partial charge in [-0.05, 0) is 36.9 Å². The number of nitrogens with one attached hydrogen (secondary N) is 1. The van der Waals surface area contributed by atoms with Crippen molar-refractivity contribution in [1.82, 2.24) is 24.8 Å². The van der Waals surface area contributed by atoms with Gasteiger partial charge in [0.2, 0.25) is 0 Å². The molecule has 0 unspecified atom stereocenters. The molecule has 1 amide bonds. The number of rotatable bonds is 4. The number of para-hydroxylation sites is 2. The number of hydrazone groups is 1. The van der Waals surface area contributed by atoms with Crippen molar-refractivity contribution in [2.75, 3.05) is 39.8 Å². The molecule has 0 radical (unpaired) electrons. The maximum Gasteiger partial charge on any atom is 0.257 e. The van der Waals surface area contributed by atoms with Crippen LogP contribution in [0.5, 0.6) is 0 Å². The minimum absolute atomic E-state index is 0.0159. The SMILES string of the molecule is CN1CCN(CC(=O)N2N=C(c3ccc(Br)cc3)C[C@@H]2c2nc3ccccc3[nH]2)CC1. The predicted octanol–water partition coefficient (Wildman–Crippen LogP) is 3.25. The molecule has 0 saturated carbocycles. The maximum absolute atomic E-state index is 13.3. The van der Waals surface area contributed by atoms with Gasteiger partial charge >= 0.3 is 0 Å². The highest BCUT2D eigenvalue weighted by Crippen LogP contribution is 2.32. The summed E-state index contributed by atoms with van der Waals surface area (Å²) in [5, 5.41) is 6.43. The number of carbonyl (C=O) groups is 1. The Morgan fingerprint density at radius 1 is 1.10 bits per heavy atom. The Bertz CT molecular complexity index is 1080.